The average molecular weight is 456 g/mol. The molecule has 0 unspecified atom stereocenters. The molecule has 1 aliphatic rings. The Morgan fingerprint density at radius 2 is 1.58 bits per heavy atom. The number of amides is 3. The highest BCUT2D eigenvalue weighted by Crippen LogP contribution is 2.24. The van der Waals surface area contributed by atoms with Crippen LogP contribution in [0.5, 0.6) is 0 Å². The third-order valence-electron chi connectivity index (χ3n) is 5.68. The number of aromatic nitrogens is 2. The number of imide groups is 1. The van der Waals surface area contributed by atoms with Crippen molar-refractivity contribution in [3.8, 4) is 0 Å². The van der Waals surface area contributed by atoms with Gasteiger partial charge in [-0.3, -0.25) is 33.6 Å². The van der Waals surface area contributed by atoms with Gasteiger partial charge in [-0.05, 0) is 25.0 Å². The summed E-state index contributed by atoms with van der Waals surface area (Å²) in [7, 11) is 0. The van der Waals surface area contributed by atoms with Crippen molar-refractivity contribution in [2.75, 3.05) is 23.7 Å². The van der Waals surface area contributed by atoms with E-state index in [0.29, 0.717) is 19.4 Å². The molecule has 33 heavy (non-hydrogen) atoms. The number of carbonyl (C=O) groups excluding carboxylic acids is 3. The zero-order valence-corrected chi connectivity index (χ0v) is 18.9. The molecule has 0 bridgehead atoms. The van der Waals surface area contributed by atoms with Gasteiger partial charge in [0, 0.05) is 13.1 Å². The zero-order chi connectivity index (χ0) is 24.1. The van der Waals surface area contributed by atoms with Gasteiger partial charge in [-0.2, -0.15) is 0 Å². The second-order valence-corrected chi connectivity index (χ2v) is 7.99. The molecule has 3 amide bonds. The van der Waals surface area contributed by atoms with Crippen molar-refractivity contribution in [3.05, 3.63) is 56.2 Å². The number of benzene rings is 1. The Morgan fingerprint density at radius 3 is 2.15 bits per heavy atom. The molecule has 0 atom stereocenters. The van der Waals surface area contributed by atoms with E-state index in [1.807, 2.05) is 13.8 Å². The highest BCUT2D eigenvalue weighted by Gasteiger charge is 2.37. The van der Waals surface area contributed by atoms with Gasteiger partial charge in [0.25, 0.3) is 17.4 Å². The molecule has 0 saturated heterocycles. The van der Waals surface area contributed by atoms with Gasteiger partial charge in [-0.15, -0.1) is 0 Å². The molecule has 0 saturated carbocycles. The van der Waals surface area contributed by atoms with Crippen molar-refractivity contribution >= 4 is 29.2 Å². The minimum absolute atomic E-state index is 0.107. The van der Waals surface area contributed by atoms with E-state index in [-0.39, 0.29) is 29.2 Å². The molecule has 1 aromatic heterocycles. The van der Waals surface area contributed by atoms with Gasteiger partial charge < -0.3 is 10.6 Å². The van der Waals surface area contributed by atoms with Gasteiger partial charge in [0.05, 0.1) is 11.1 Å². The van der Waals surface area contributed by atoms with Crippen LogP contribution in [0.3, 0.4) is 0 Å². The van der Waals surface area contributed by atoms with E-state index in [9.17, 15) is 24.0 Å². The highest BCUT2D eigenvalue weighted by atomic mass is 16.2. The molecular weight excluding hydrogens is 426 g/mol. The number of hydrogen-bond donors (Lipinski definition) is 2. The smallest absolute Gasteiger partial charge is 0.330 e. The first-order chi connectivity index (χ1) is 15.8. The fourth-order valence-electron chi connectivity index (χ4n) is 3.86. The molecule has 10 heteroatoms. The molecule has 3 rings (SSSR count). The Morgan fingerprint density at radius 1 is 0.970 bits per heavy atom. The predicted molar refractivity (Wildman–Crippen MR) is 124 cm³/mol. The summed E-state index contributed by atoms with van der Waals surface area (Å²) in [6, 6.07) is 6.36. The highest BCUT2D eigenvalue weighted by molar-refractivity contribution is 6.22. The normalized spacial score (nSPS) is 12.8. The Hall–Kier alpha value is -3.69. The molecular formula is C23H29N5O5. The first-order valence-corrected chi connectivity index (χ1v) is 11.2. The SMILES string of the molecule is CCCCCN(C(=O)CN1C(=O)c2ccccc2C1=O)c1c(N)n(CCCC)c(=O)[nH]c1=O. The van der Waals surface area contributed by atoms with Crippen molar-refractivity contribution in [1.82, 2.24) is 14.5 Å². The van der Waals surface area contributed by atoms with Crippen LogP contribution in [0, 0.1) is 0 Å². The van der Waals surface area contributed by atoms with Crippen LogP contribution in [0.25, 0.3) is 0 Å². The Balaban J connectivity index is 1.96. The van der Waals surface area contributed by atoms with Crippen molar-refractivity contribution in [3.63, 3.8) is 0 Å². The monoisotopic (exact) mass is 455 g/mol. The number of carbonyl (C=O) groups is 3. The van der Waals surface area contributed by atoms with Crippen LogP contribution >= 0.6 is 0 Å². The number of nitrogen functional groups attached to an aromatic ring is 1. The molecule has 0 aliphatic carbocycles. The van der Waals surface area contributed by atoms with E-state index in [1.54, 1.807) is 12.1 Å². The summed E-state index contributed by atoms with van der Waals surface area (Å²) < 4.78 is 1.24. The molecule has 10 nitrogen and oxygen atoms in total. The maximum absolute atomic E-state index is 13.3. The fourth-order valence-corrected chi connectivity index (χ4v) is 3.86. The largest absolute Gasteiger partial charge is 0.383 e. The molecule has 3 N–H and O–H groups in total. The number of anilines is 2. The quantitative estimate of drug-likeness (QED) is 0.413. The lowest BCUT2D eigenvalue weighted by molar-refractivity contribution is -0.119. The van der Waals surface area contributed by atoms with E-state index in [2.05, 4.69) is 4.98 Å². The molecule has 1 aliphatic heterocycles. The van der Waals surface area contributed by atoms with Gasteiger partial charge in [-0.25, -0.2) is 4.79 Å². The van der Waals surface area contributed by atoms with Crippen molar-refractivity contribution in [2.24, 2.45) is 0 Å². The number of rotatable bonds is 10. The number of hydrogen-bond acceptors (Lipinski definition) is 6. The summed E-state index contributed by atoms with van der Waals surface area (Å²) in [4.78, 5) is 68.1. The van der Waals surface area contributed by atoms with Crippen LogP contribution in [-0.2, 0) is 11.3 Å². The summed E-state index contributed by atoms with van der Waals surface area (Å²) in [6.45, 7) is 3.87. The Kier molecular flexibility index (Phi) is 7.47. The maximum atomic E-state index is 13.3. The van der Waals surface area contributed by atoms with E-state index in [4.69, 9.17) is 5.73 Å². The van der Waals surface area contributed by atoms with Crippen LogP contribution in [-0.4, -0.2) is 45.3 Å². The number of unbranched alkanes of at least 4 members (excludes halogenated alkanes) is 3. The third kappa shape index (κ3) is 4.74. The summed E-state index contributed by atoms with van der Waals surface area (Å²) in [5, 5.41) is 0. The van der Waals surface area contributed by atoms with Gasteiger partial charge >= 0.3 is 5.69 Å². The summed E-state index contributed by atoms with van der Waals surface area (Å²) >= 11 is 0. The first kappa shape index (κ1) is 24.0. The second-order valence-electron chi connectivity index (χ2n) is 7.99. The van der Waals surface area contributed by atoms with Crippen LogP contribution < -0.4 is 21.9 Å². The van der Waals surface area contributed by atoms with Gasteiger partial charge in [0.15, 0.2) is 5.69 Å². The van der Waals surface area contributed by atoms with Gasteiger partial charge in [0.2, 0.25) is 5.91 Å². The predicted octanol–water partition coefficient (Wildman–Crippen LogP) is 1.74. The maximum Gasteiger partial charge on any atom is 0.330 e. The van der Waals surface area contributed by atoms with E-state index in [0.717, 1.165) is 24.2 Å². The number of aromatic amines is 1. The molecule has 1 aromatic carbocycles. The second kappa shape index (κ2) is 10.3. The minimum atomic E-state index is -0.780. The molecule has 0 fully saturated rings. The number of nitrogens with one attached hydrogen (secondary N) is 1. The van der Waals surface area contributed by atoms with Crippen molar-refractivity contribution in [2.45, 2.75) is 52.5 Å². The van der Waals surface area contributed by atoms with E-state index in [1.165, 1.54) is 21.6 Å². The van der Waals surface area contributed by atoms with E-state index < -0.39 is 35.5 Å². The van der Waals surface area contributed by atoms with Crippen LogP contribution in [0.15, 0.2) is 33.9 Å². The Labute approximate surface area is 191 Å². The lowest BCUT2D eigenvalue weighted by atomic mass is 10.1. The standard InChI is InChI=1S/C23H29N5O5/c1-3-5-9-13-26(18-19(24)27(12-6-4-2)23(33)25-20(18)30)17(29)14-28-21(31)15-10-7-8-11-16(15)22(28)32/h7-8,10-11H,3-6,9,12-14,24H2,1-2H3,(H,25,30,33). The molecule has 176 valence electrons. The van der Waals surface area contributed by atoms with Gasteiger partial charge in [-0.1, -0.05) is 45.2 Å². The van der Waals surface area contributed by atoms with Gasteiger partial charge in [0.1, 0.15) is 12.4 Å². The van der Waals surface area contributed by atoms with Crippen LogP contribution in [0.2, 0.25) is 0 Å². The summed E-state index contributed by atoms with van der Waals surface area (Å²) in [6.07, 6.45) is 3.72. The number of nitrogens with two attached hydrogens (primary N) is 1. The van der Waals surface area contributed by atoms with Crippen molar-refractivity contribution < 1.29 is 14.4 Å². The summed E-state index contributed by atoms with van der Waals surface area (Å²) in [5.74, 6) is -1.86. The molecule has 0 spiro atoms. The van der Waals surface area contributed by atoms with Crippen LogP contribution in [0.1, 0.15) is 66.7 Å². The summed E-state index contributed by atoms with van der Waals surface area (Å²) in [5.41, 5.74) is 5.11. The number of H-pyrrole nitrogens is 1. The first-order valence-electron chi connectivity index (χ1n) is 11.2. The lowest BCUT2D eigenvalue weighted by Gasteiger charge is -2.26. The molecule has 0 radical (unpaired) electrons. The fraction of sp³-hybridized carbons (Fsp3) is 0.435. The molecule has 2 aromatic rings. The van der Waals surface area contributed by atoms with Crippen molar-refractivity contribution in [1.29, 1.82) is 0 Å². The lowest BCUT2D eigenvalue weighted by Crippen LogP contribution is -2.46. The van der Waals surface area contributed by atoms with E-state index >= 15 is 0 Å². The Bertz CT molecular complexity index is 1150. The zero-order valence-electron chi connectivity index (χ0n) is 18.9. The minimum Gasteiger partial charge on any atom is -0.383 e. The number of fused-ring (bicyclic) bond motifs is 1. The third-order valence-corrected chi connectivity index (χ3v) is 5.68. The average Bonchev–Trinajstić information content (AvgIpc) is 3.03. The van der Waals surface area contributed by atoms with Crippen LogP contribution in [0.4, 0.5) is 11.5 Å². The number of nitrogens with zero attached hydrogens (tertiary/aromatic N) is 3. The topological polar surface area (TPSA) is 139 Å². The molecule has 2 heterocycles.